The number of rotatable bonds is 7. The lowest BCUT2D eigenvalue weighted by atomic mass is 9.95. The fourth-order valence-corrected chi connectivity index (χ4v) is 4.07. The molecule has 0 spiro atoms. The van der Waals surface area contributed by atoms with Gasteiger partial charge in [0.1, 0.15) is 5.75 Å². The van der Waals surface area contributed by atoms with E-state index < -0.39 is 0 Å². The van der Waals surface area contributed by atoms with Gasteiger partial charge in [-0.2, -0.15) is 0 Å². The zero-order valence-corrected chi connectivity index (χ0v) is 18.2. The van der Waals surface area contributed by atoms with Gasteiger partial charge in [-0.15, -0.1) is 0 Å². The second-order valence-electron chi connectivity index (χ2n) is 6.89. The molecule has 1 unspecified atom stereocenters. The monoisotopic (exact) mass is 420 g/mol. The molecule has 0 aromatic heterocycles. The van der Waals surface area contributed by atoms with Crippen LogP contribution in [0.1, 0.15) is 23.6 Å². The minimum atomic E-state index is -0.0720. The third-order valence-corrected chi connectivity index (χ3v) is 5.46. The predicted octanol–water partition coefficient (Wildman–Crippen LogP) is 3.76. The molecule has 3 rings (SSSR count). The van der Waals surface area contributed by atoms with E-state index in [1.54, 1.807) is 28.4 Å². The number of nitrogens with zero attached hydrogens (tertiary/aromatic N) is 1. The van der Waals surface area contributed by atoms with E-state index in [4.69, 9.17) is 30.5 Å². The van der Waals surface area contributed by atoms with Crippen LogP contribution in [0.25, 0.3) is 0 Å². The number of methoxy groups -OCH3 is 4. The van der Waals surface area contributed by atoms with Crippen molar-refractivity contribution in [1.82, 2.24) is 10.2 Å². The van der Waals surface area contributed by atoms with Crippen molar-refractivity contribution in [2.75, 3.05) is 54.6 Å². The van der Waals surface area contributed by atoms with Gasteiger partial charge < -0.3 is 24.3 Å². The SMILES string of the molecule is COc1ccc(Cl)cc1C(c1cc(OC)c(OC)c(OC)c1)N1CCCNCC1. The quantitative estimate of drug-likeness (QED) is 0.736. The molecule has 7 heteroatoms. The molecule has 0 aliphatic carbocycles. The van der Waals surface area contributed by atoms with Crippen LogP contribution in [0.5, 0.6) is 23.0 Å². The van der Waals surface area contributed by atoms with Gasteiger partial charge in [-0.1, -0.05) is 11.6 Å². The lowest BCUT2D eigenvalue weighted by Gasteiger charge is -2.33. The summed E-state index contributed by atoms with van der Waals surface area (Å²) in [5, 5.41) is 4.14. The van der Waals surface area contributed by atoms with Crippen LogP contribution in [0.4, 0.5) is 0 Å². The van der Waals surface area contributed by atoms with Crippen molar-refractivity contribution in [3.8, 4) is 23.0 Å². The zero-order chi connectivity index (χ0) is 20.8. The molecule has 158 valence electrons. The number of benzene rings is 2. The molecule has 1 aliphatic heterocycles. The predicted molar refractivity (Wildman–Crippen MR) is 115 cm³/mol. The number of hydrogen-bond donors (Lipinski definition) is 1. The molecule has 1 N–H and O–H groups in total. The van der Waals surface area contributed by atoms with E-state index in [0.29, 0.717) is 22.3 Å². The molecule has 2 aromatic rings. The maximum absolute atomic E-state index is 6.39. The van der Waals surface area contributed by atoms with E-state index in [1.807, 2.05) is 30.3 Å². The van der Waals surface area contributed by atoms with Crippen LogP contribution in [-0.4, -0.2) is 59.5 Å². The van der Waals surface area contributed by atoms with Gasteiger partial charge in [-0.05, 0) is 48.9 Å². The largest absolute Gasteiger partial charge is 0.496 e. The highest BCUT2D eigenvalue weighted by Crippen LogP contribution is 2.44. The molecule has 29 heavy (non-hydrogen) atoms. The van der Waals surface area contributed by atoms with Gasteiger partial charge in [-0.25, -0.2) is 0 Å². The second-order valence-corrected chi connectivity index (χ2v) is 7.32. The molecule has 1 atom stereocenters. The number of ether oxygens (including phenoxy) is 4. The molecule has 0 saturated carbocycles. The van der Waals surface area contributed by atoms with Gasteiger partial charge in [0.2, 0.25) is 5.75 Å². The summed E-state index contributed by atoms with van der Waals surface area (Å²) in [6.45, 7) is 3.77. The van der Waals surface area contributed by atoms with E-state index in [2.05, 4.69) is 10.2 Å². The molecule has 1 fully saturated rings. The first-order valence-electron chi connectivity index (χ1n) is 9.71. The molecule has 1 saturated heterocycles. The normalized spacial score (nSPS) is 16.0. The smallest absolute Gasteiger partial charge is 0.203 e. The molecule has 1 aliphatic rings. The Kier molecular flexibility index (Phi) is 7.47. The Morgan fingerprint density at radius 1 is 0.862 bits per heavy atom. The van der Waals surface area contributed by atoms with Crippen LogP contribution in [0.2, 0.25) is 5.02 Å². The summed E-state index contributed by atoms with van der Waals surface area (Å²) in [6.07, 6.45) is 1.06. The van der Waals surface area contributed by atoms with Crippen LogP contribution in [0.3, 0.4) is 0 Å². The molecular formula is C22H29ClN2O4. The maximum Gasteiger partial charge on any atom is 0.203 e. The van der Waals surface area contributed by atoms with Crippen molar-refractivity contribution in [2.45, 2.75) is 12.5 Å². The van der Waals surface area contributed by atoms with Crippen LogP contribution < -0.4 is 24.3 Å². The van der Waals surface area contributed by atoms with E-state index in [0.717, 1.165) is 49.5 Å². The van der Waals surface area contributed by atoms with Crippen molar-refractivity contribution in [1.29, 1.82) is 0 Å². The first-order valence-corrected chi connectivity index (χ1v) is 10.1. The average Bonchev–Trinajstić information content (AvgIpc) is 3.02. The van der Waals surface area contributed by atoms with Crippen molar-refractivity contribution in [3.63, 3.8) is 0 Å². The van der Waals surface area contributed by atoms with Gasteiger partial charge in [0.25, 0.3) is 0 Å². The van der Waals surface area contributed by atoms with E-state index in [9.17, 15) is 0 Å². The minimum absolute atomic E-state index is 0.0720. The van der Waals surface area contributed by atoms with Crippen molar-refractivity contribution < 1.29 is 18.9 Å². The second kappa shape index (κ2) is 10.1. The van der Waals surface area contributed by atoms with Gasteiger partial charge >= 0.3 is 0 Å². The third-order valence-electron chi connectivity index (χ3n) is 5.23. The van der Waals surface area contributed by atoms with Crippen molar-refractivity contribution in [3.05, 3.63) is 46.5 Å². The highest BCUT2D eigenvalue weighted by Gasteiger charge is 2.28. The van der Waals surface area contributed by atoms with E-state index in [-0.39, 0.29) is 6.04 Å². The topological polar surface area (TPSA) is 52.2 Å². The van der Waals surface area contributed by atoms with E-state index in [1.165, 1.54) is 0 Å². The fraction of sp³-hybridized carbons (Fsp3) is 0.455. The van der Waals surface area contributed by atoms with E-state index >= 15 is 0 Å². The standard InChI is InChI=1S/C22H29ClN2O4/c1-26-18-7-6-16(23)14-17(18)21(25-10-5-8-24-9-11-25)15-12-19(27-2)22(29-4)20(13-15)28-3/h6-7,12-14,21,24H,5,8-11H2,1-4H3. The first-order chi connectivity index (χ1) is 14.1. The Balaban J connectivity index is 2.19. The lowest BCUT2D eigenvalue weighted by Crippen LogP contribution is -2.33. The molecule has 6 nitrogen and oxygen atoms in total. The van der Waals surface area contributed by atoms with Crippen molar-refractivity contribution in [2.24, 2.45) is 0 Å². The lowest BCUT2D eigenvalue weighted by molar-refractivity contribution is 0.234. The van der Waals surface area contributed by atoms with Crippen LogP contribution in [0.15, 0.2) is 30.3 Å². The molecule has 1 heterocycles. The Morgan fingerprint density at radius 2 is 1.55 bits per heavy atom. The summed E-state index contributed by atoms with van der Waals surface area (Å²) < 4.78 is 22.4. The molecule has 0 radical (unpaired) electrons. The summed E-state index contributed by atoms with van der Waals surface area (Å²) >= 11 is 6.39. The molecule has 0 bridgehead atoms. The molecule has 0 amide bonds. The number of hydrogen-bond acceptors (Lipinski definition) is 6. The fourth-order valence-electron chi connectivity index (χ4n) is 3.89. The first kappa shape index (κ1) is 21.6. The third kappa shape index (κ3) is 4.71. The summed E-state index contributed by atoms with van der Waals surface area (Å²) in [6, 6.07) is 9.68. The summed E-state index contributed by atoms with van der Waals surface area (Å²) in [5.74, 6) is 2.63. The van der Waals surface area contributed by atoms with Gasteiger partial charge in [-0.3, -0.25) is 4.90 Å². The number of halogens is 1. The Labute approximate surface area is 177 Å². The Bertz CT molecular complexity index is 797. The van der Waals surface area contributed by atoms with Gasteiger partial charge in [0.15, 0.2) is 11.5 Å². The van der Waals surface area contributed by atoms with Crippen LogP contribution in [-0.2, 0) is 0 Å². The van der Waals surface area contributed by atoms with Gasteiger partial charge in [0.05, 0.1) is 34.5 Å². The average molecular weight is 421 g/mol. The Morgan fingerprint density at radius 3 is 2.17 bits per heavy atom. The van der Waals surface area contributed by atoms with Gasteiger partial charge in [0, 0.05) is 30.2 Å². The summed E-state index contributed by atoms with van der Waals surface area (Å²) in [7, 11) is 6.55. The maximum atomic E-state index is 6.39. The highest BCUT2D eigenvalue weighted by molar-refractivity contribution is 6.30. The molecular weight excluding hydrogens is 392 g/mol. The minimum Gasteiger partial charge on any atom is -0.496 e. The van der Waals surface area contributed by atoms with Crippen molar-refractivity contribution >= 4 is 11.6 Å². The summed E-state index contributed by atoms with van der Waals surface area (Å²) in [5.41, 5.74) is 2.04. The van der Waals surface area contributed by atoms with Crippen LogP contribution >= 0.6 is 11.6 Å². The van der Waals surface area contributed by atoms with Crippen LogP contribution in [0, 0.1) is 0 Å². The zero-order valence-electron chi connectivity index (χ0n) is 17.5. The summed E-state index contributed by atoms with van der Waals surface area (Å²) in [4.78, 5) is 2.44. The number of nitrogens with one attached hydrogen (secondary N) is 1. The Hall–Kier alpha value is -2.15. The molecule has 2 aromatic carbocycles. The highest BCUT2D eigenvalue weighted by atomic mass is 35.5.